The van der Waals surface area contributed by atoms with Crippen molar-refractivity contribution >= 4 is 0 Å². The molecule has 0 saturated carbocycles. The smallest absolute Gasteiger partial charge is 0.0587 e. The van der Waals surface area contributed by atoms with Crippen molar-refractivity contribution in [2.45, 2.75) is 58.5 Å². The molecule has 0 aromatic heterocycles. The molecule has 0 aliphatic carbocycles. The first-order valence-corrected chi connectivity index (χ1v) is 8.03. The Labute approximate surface area is 119 Å². The van der Waals surface area contributed by atoms with Gasteiger partial charge in [0, 0.05) is 20.3 Å². The van der Waals surface area contributed by atoms with E-state index in [1.807, 2.05) is 0 Å². The highest BCUT2D eigenvalue weighted by atomic mass is 16.5. The monoisotopic (exact) mass is 271 g/mol. The number of nitrogens with one attached hydrogen (secondary N) is 1. The van der Waals surface area contributed by atoms with Crippen LogP contribution in [0.4, 0.5) is 0 Å². The first kappa shape index (κ1) is 16.9. The number of ether oxygens (including phenoxy) is 2. The summed E-state index contributed by atoms with van der Waals surface area (Å²) >= 11 is 0. The zero-order chi connectivity index (χ0) is 13.9. The molecule has 114 valence electrons. The van der Waals surface area contributed by atoms with Crippen molar-refractivity contribution in [3.63, 3.8) is 0 Å². The first-order valence-electron chi connectivity index (χ1n) is 8.03. The molecule has 3 heteroatoms. The Morgan fingerprint density at radius 2 is 2.21 bits per heavy atom. The van der Waals surface area contributed by atoms with Gasteiger partial charge in [0.2, 0.25) is 0 Å². The van der Waals surface area contributed by atoms with Crippen LogP contribution in [0.3, 0.4) is 0 Å². The van der Waals surface area contributed by atoms with Crippen molar-refractivity contribution in [3.8, 4) is 0 Å². The van der Waals surface area contributed by atoms with Gasteiger partial charge in [-0.15, -0.1) is 0 Å². The Morgan fingerprint density at radius 3 is 2.84 bits per heavy atom. The minimum Gasteiger partial charge on any atom is -0.383 e. The molecule has 1 rings (SSSR count). The normalized spacial score (nSPS) is 21.2. The minimum atomic E-state index is 0.557. The molecular weight excluding hydrogens is 238 g/mol. The van der Waals surface area contributed by atoms with Gasteiger partial charge >= 0.3 is 0 Å². The zero-order valence-electron chi connectivity index (χ0n) is 13.1. The summed E-state index contributed by atoms with van der Waals surface area (Å²) in [6.45, 7) is 8.54. The van der Waals surface area contributed by atoms with E-state index in [4.69, 9.17) is 9.47 Å². The van der Waals surface area contributed by atoms with Gasteiger partial charge in [-0.1, -0.05) is 20.3 Å². The highest BCUT2D eigenvalue weighted by Gasteiger charge is 2.16. The molecule has 0 radical (unpaired) electrons. The second-order valence-corrected chi connectivity index (χ2v) is 6.26. The van der Waals surface area contributed by atoms with E-state index >= 15 is 0 Å². The molecule has 0 aromatic rings. The van der Waals surface area contributed by atoms with Crippen molar-refractivity contribution in [3.05, 3.63) is 0 Å². The fourth-order valence-corrected chi connectivity index (χ4v) is 2.96. The van der Waals surface area contributed by atoms with Crippen LogP contribution in [0.25, 0.3) is 0 Å². The molecule has 0 aromatic carbocycles. The van der Waals surface area contributed by atoms with Crippen molar-refractivity contribution in [1.29, 1.82) is 0 Å². The standard InChI is InChI=1S/C16H33NO2/c1-14(2)12-15(13-17-9-11-18-3)6-4-7-16-8-5-10-19-16/h14-17H,4-13H2,1-3H3. The minimum absolute atomic E-state index is 0.557. The summed E-state index contributed by atoms with van der Waals surface area (Å²) in [7, 11) is 1.76. The van der Waals surface area contributed by atoms with Crippen LogP contribution in [0.5, 0.6) is 0 Å². The van der Waals surface area contributed by atoms with E-state index in [2.05, 4.69) is 19.2 Å². The highest BCUT2D eigenvalue weighted by Crippen LogP contribution is 2.22. The number of methoxy groups -OCH3 is 1. The highest BCUT2D eigenvalue weighted by molar-refractivity contribution is 4.69. The zero-order valence-corrected chi connectivity index (χ0v) is 13.1. The lowest BCUT2D eigenvalue weighted by molar-refractivity contribution is 0.100. The summed E-state index contributed by atoms with van der Waals surface area (Å²) in [5.41, 5.74) is 0. The summed E-state index contributed by atoms with van der Waals surface area (Å²) in [6.07, 6.45) is 8.32. The third kappa shape index (κ3) is 8.61. The summed E-state index contributed by atoms with van der Waals surface area (Å²) in [6, 6.07) is 0. The van der Waals surface area contributed by atoms with Crippen LogP contribution in [0.1, 0.15) is 52.4 Å². The lowest BCUT2D eigenvalue weighted by Crippen LogP contribution is -2.27. The van der Waals surface area contributed by atoms with E-state index in [9.17, 15) is 0 Å². The fourth-order valence-electron chi connectivity index (χ4n) is 2.96. The maximum atomic E-state index is 5.70. The van der Waals surface area contributed by atoms with Crippen molar-refractivity contribution in [1.82, 2.24) is 5.32 Å². The largest absolute Gasteiger partial charge is 0.383 e. The van der Waals surface area contributed by atoms with E-state index in [0.29, 0.717) is 6.10 Å². The molecule has 2 atom stereocenters. The molecule has 0 spiro atoms. The second kappa shape index (κ2) is 10.6. The van der Waals surface area contributed by atoms with E-state index in [-0.39, 0.29) is 0 Å². The molecule has 0 bridgehead atoms. The van der Waals surface area contributed by atoms with E-state index < -0.39 is 0 Å². The molecule has 3 nitrogen and oxygen atoms in total. The Hall–Kier alpha value is -0.120. The molecule has 19 heavy (non-hydrogen) atoms. The van der Waals surface area contributed by atoms with Crippen LogP contribution in [-0.2, 0) is 9.47 Å². The molecule has 0 amide bonds. The maximum Gasteiger partial charge on any atom is 0.0587 e. The Morgan fingerprint density at radius 1 is 1.37 bits per heavy atom. The van der Waals surface area contributed by atoms with Crippen LogP contribution in [0.2, 0.25) is 0 Å². The Balaban J connectivity index is 2.12. The van der Waals surface area contributed by atoms with Crippen molar-refractivity contribution in [2.75, 3.05) is 33.4 Å². The van der Waals surface area contributed by atoms with Crippen LogP contribution in [0, 0.1) is 11.8 Å². The number of hydrogen-bond donors (Lipinski definition) is 1. The van der Waals surface area contributed by atoms with Crippen molar-refractivity contribution in [2.24, 2.45) is 11.8 Å². The van der Waals surface area contributed by atoms with Crippen LogP contribution in [0.15, 0.2) is 0 Å². The summed E-state index contributed by atoms with van der Waals surface area (Å²) in [4.78, 5) is 0. The van der Waals surface area contributed by atoms with Crippen LogP contribution >= 0.6 is 0 Å². The summed E-state index contributed by atoms with van der Waals surface area (Å²) in [5.74, 6) is 1.59. The van der Waals surface area contributed by atoms with E-state index in [1.54, 1.807) is 7.11 Å². The van der Waals surface area contributed by atoms with Gasteiger partial charge < -0.3 is 14.8 Å². The Kier molecular flexibility index (Phi) is 9.48. The Bertz CT molecular complexity index is 203. The number of rotatable bonds is 11. The third-order valence-electron chi connectivity index (χ3n) is 3.88. The molecule has 1 heterocycles. The molecular formula is C16H33NO2. The lowest BCUT2D eigenvalue weighted by Gasteiger charge is -2.20. The van der Waals surface area contributed by atoms with E-state index in [0.717, 1.165) is 38.1 Å². The molecule has 2 unspecified atom stereocenters. The summed E-state index contributed by atoms with van der Waals surface area (Å²) in [5, 5.41) is 3.51. The second-order valence-electron chi connectivity index (χ2n) is 6.26. The van der Waals surface area contributed by atoms with Gasteiger partial charge in [0.1, 0.15) is 0 Å². The van der Waals surface area contributed by atoms with Gasteiger partial charge in [0.15, 0.2) is 0 Å². The van der Waals surface area contributed by atoms with Gasteiger partial charge in [0.25, 0.3) is 0 Å². The molecule has 1 saturated heterocycles. The van der Waals surface area contributed by atoms with Gasteiger partial charge in [-0.2, -0.15) is 0 Å². The average molecular weight is 271 g/mol. The van der Waals surface area contributed by atoms with Gasteiger partial charge in [-0.05, 0) is 50.5 Å². The van der Waals surface area contributed by atoms with Crippen molar-refractivity contribution < 1.29 is 9.47 Å². The molecule has 1 aliphatic heterocycles. The van der Waals surface area contributed by atoms with Gasteiger partial charge in [-0.25, -0.2) is 0 Å². The molecule has 1 fully saturated rings. The quantitative estimate of drug-likeness (QED) is 0.585. The first-order chi connectivity index (χ1) is 9.22. The molecule has 1 aliphatic rings. The lowest BCUT2D eigenvalue weighted by atomic mass is 9.91. The van der Waals surface area contributed by atoms with Gasteiger partial charge in [0.05, 0.1) is 12.7 Å². The van der Waals surface area contributed by atoms with Crippen LogP contribution in [-0.4, -0.2) is 39.5 Å². The van der Waals surface area contributed by atoms with E-state index in [1.165, 1.54) is 38.5 Å². The predicted octanol–water partition coefficient (Wildman–Crippen LogP) is 3.23. The predicted molar refractivity (Wildman–Crippen MR) is 80.5 cm³/mol. The van der Waals surface area contributed by atoms with Gasteiger partial charge in [-0.3, -0.25) is 0 Å². The van der Waals surface area contributed by atoms with Crippen LogP contribution < -0.4 is 5.32 Å². The SMILES string of the molecule is COCCNCC(CCCC1CCCO1)CC(C)C. The average Bonchev–Trinajstić information content (AvgIpc) is 2.86. The number of hydrogen-bond acceptors (Lipinski definition) is 3. The summed E-state index contributed by atoms with van der Waals surface area (Å²) < 4.78 is 10.8. The fraction of sp³-hybridized carbons (Fsp3) is 1.00. The third-order valence-corrected chi connectivity index (χ3v) is 3.88. The molecule has 1 N–H and O–H groups in total. The maximum absolute atomic E-state index is 5.70. The topological polar surface area (TPSA) is 30.5 Å².